The first-order valence-corrected chi connectivity index (χ1v) is 13.1. The van der Waals surface area contributed by atoms with Gasteiger partial charge in [0.2, 0.25) is 0 Å². The van der Waals surface area contributed by atoms with E-state index in [1.165, 1.54) is 12.2 Å². The zero-order valence-corrected chi connectivity index (χ0v) is 21.4. The number of aliphatic hydroxyl groups excluding tert-OH is 2. The molecule has 1 saturated heterocycles. The maximum absolute atomic E-state index is 17.4. The predicted molar refractivity (Wildman–Crippen MR) is 128 cm³/mol. The number of fused-ring (bicyclic) bond motifs is 7. The second-order valence-corrected chi connectivity index (χ2v) is 12.1. The number of furan rings is 1. The predicted octanol–water partition coefficient (Wildman–Crippen LogP) is 3.53. The molecule has 0 bridgehead atoms. The van der Waals surface area contributed by atoms with Crippen LogP contribution < -0.4 is 0 Å². The van der Waals surface area contributed by atoms with E-state index in [-0.39, 0.29) is 30.2 Å². The zero-order valence-electron chi connectivity index (χ0n) is 20.6. The summed E-state index contributed by atoms with van der Waals surface area (Å²) >= 11 is 5.89. The van der Waals surface area contributed by atoms with E-state index >= 15 is 8.78 Å². The van der Waals surface area contributed by atoms with E-state index in [9.17, 15) is 19.8 Å². The van der Waals surface area contributed by atoms with E-state index in [0.717, 1.165) is 6.08 Å². The molecule has 3 saturated carbocycles. The second-order valence-electron chi connectivity index (χ2n) is 11.7. The number of hydrogen-bond donors (Lipinski definition) is 2. The Balaban J connectivity index is 1.41. The van der Waals surface area contributed by atoms with Gasteiger partial charge in [-0.3, -0.25) is 14.4 Å². The number of carbonyl (C=O) groups is 2. The number of Topliss-reactive ketones (excluding diaryl/α,β-unsaturated/α-hetero) is 1. The van der Waals surface area contributed by atoms with E-state index in [1.807, 2.05) is 0 Å². The fourth-order valence-corrected chi connectivity index (χ4v) is 8.81. The molecule has 9 atom stereocenters. The lowest BCUT2D eigenvalue weighted by atomic mass is 9.44. The Morgan fingerprint density at radius 2 is 2.03 bits per heavy atom. The number of rotatable bonds is 4. The normalized spacial score (nSPS) is 46.7. The smallest absolute Gasteiger partial charge is 0.193 e. The number of halogens is 3. The highest BCUT2D eigenvalue weighted by molar-refractivity contribution is 6.28. The zero-order chi connectivity index (χ0) is 26.5. The standard InChI is InChI=1S/C27H30ClF2NO6/c1-24-6-5-15(33)8-19(24)20(29)9-18-17-7-14-11-31(12-16-3-4-23(28)36-16)37-27(14,22(35)13-32)25(17,2)10-21(34)26(18,24)30/h3-6,8,14,17-18,20-21,32,34H,7,9-13H2,1-2H3/t14-,17-,18-,20-,21-,24-,25-,26-,27-/m0/s1. The Morgan fingerprint density at radius 1 is 1.27 bits per heavy atom. The molecule has 0 aromatic carbocycles. The van der Waals surface area contributed by atoms with Gasteiger partial charge in [-0.2, -0.15) is 5.06 Å². The number of allylic oxidation sites excluding steroid dienone is 4. The number of aliphatic hydroxyl groups is 2. The first-order chi connectivity index (χ1) is 17.4. The van der Waals surface area contributed by atoms with Gasteiger partial charge in [0.15, 0.2) is 28.1 Å². The number of carbonyl (C=O) groups excluding carboxylic acids is 2. The van der Waals surface area contributed by atoms with Gasteiger partial charge in [-0.05, 0) is 73.6 Å². The van der Waals surface area contributed by atoms with Crippen molar-refractivity contribution in [2.24, 2.45) is 28.6 Å². The van der Waals surface area contributed by atoms with Crippen molar-refractivity contribution in [3.63, 3.8) is 0 Å². The topological polar surface area (TPSA) is 100 Å². The van der Waals surface area contributed by atoms with Crippen LogP contribution in [0, 0.1) is 28.6 Å². The fraction of sp³-hybridized carbons (Fsp3) is 0.630. The van der Waals surface area contributed by atoms with Gasteiger partial charge >= 0.3 is 0 Å². The number of alkyl halides is 2. The molecule has 2 heterocycles. The Morgan fingerprint density at radius 3 is 2.70 bits per heavy atom. The first kappa shape index (κ1) is 25.4. The maximum Gasteiger partial charge on any atom is 0.193 e. The SMILES string of the molecule is C[C@]12C=CC(=O)C=C1[C@@H](F)C[C@H]1[C@@H]3C[C@H]4CN(Cc5ccc(Cl)o5)O[C@@]4(C(=O)CO)[C@@]3(C)C[C@H](O)[C@@]12F. The minimum absolute atomic E-state index is 0.0558. The summed E-state index contributed by atoms with van der Waals surface area (Å²) in [6.45, 7) is 3.09. The summed E-state index contributed by atoms with van der Waals surface area (Å²) in [6, 6.07) is 3.30. The van der Waals surface area contributed by atoms with E-state index < -0.39 is 70.3 Å². The van der Waals surface area contributed by atoms with Crippen molar-refractivity contribution in [2.45, 2.75) is 63.2 Å². The average molecular weight is 538 g/mol. The van der Waals surface area contributed by atoms with Crippen LogP contribution in [0.2, 0.25) is 5.22 Å². The molecule has 4 aliphatic carbocycles. The average Bonchev–Trinajstić information content (AvgIpc) is 3.49. The third kappa shape index (κ3) is 3.06. The summed E-state index contributed by atoms with van der Waals surface area (Å²) in [5.41, 5.74) is -6.26. The Kier molecular flexibility index (Phi) is 5.52. The minimum atomic E-state index is -2.24. The molecule has 2 N–H and O–H groups in total. The lowest BCUT2D eigenvalue weighted by Crippen LogP contribution is -2.70. The second kappa shape index (κ2) is 8.05. The summed E-state index contributed by atoms with van der Waals surface area (Å²) in [4.78, 5) is 31.9. The Bertz CT molecular complexity index is 1230. The van der Waals surface area contributed by atoms with Crippen LogP contribution in [0.15, 0.2) is 40.4 Å². The molecular formula is C27H30ClF2NO6. The third-order valence-electron chi connectivity index (χ3n) is 10.2. The van der Waals surface area contributed by atoms with Crippen molar-refractivity contribution in [1.29, 1.82) is 0 Å². The monoisotopic (exact) mass is 537 g/mol. The van der Waals surface area contributed by atoms with Crippen LogP contribution in [-0.2, 0) is 21.0 Å². The van der Waals surface area contributed by atoms with Crippen molar-refractivity contribution in [2.75, 3.05) is 13.2 Å². The van der Waals surface area contributed by atoms with Crippen molar-refractivity contribution >= 4 is 23.2 Å². The summed E-state index contributed by atoms with van der Waals surface area (Å²) in [6.07, 6.45) is 0.718. The fourth-order valence-electron chi connectivity index (χ4n) is 8.64. The number of hydroxylamine groups is 2. The molecule has 1 aliphatic heterocycles. The third-order valence-corrected chi connectivity index (χ3v) is 10.4. The van der Waals surface area contributed by atoms with E-state index in [4.69, 9.17) is 20.9 Å². The molecule has 0 amide bonds. The van der Waals surface area contributed by atoms with Crippen LogP contribution in [0.3, 0.4) is 0 Å². The van der Waals surface area contributed by atoms with E-state index in [0.29, 0.717) is 18.7 Å². The molecule has 37 heavy (non-hydrogen) atoms. The Labute approximate surface area is 218 Å². The number of hydrogen-bond acceptors (Lipinski definition) is 7. The molecule has 7 nitrogen and oxygen atoms in total. The first-order valence-electron chi connectivity index (χ1n) is 12.7. The minimum Gasteiger partial charge on any atom is -0.448 e. The van der Waals surface area contributed by atoms with E-state index in [1.54, 1.807) is 31.0 Å². The van der Waals surface area contributed by atoms with Gasteiger partial charge in [0.25, 0.3) is 0 Å². The van der Waals surface area contributed by atoms with Crippen LogP contribution >= 0.6 is 11.6 Å². The molecular weight excluding hydrogens is 508 g/mol. The number of ketones is 2. The highest BCUT2D eigenvalue weighted by Gasteiger charge is 2.79. The summed E-state index contributed by atoms with van der Waals surface area (Å²) < 4.78 is 38.4. The molecule has 0 spiro atoms. The molecule has 5 aliphatic rings. The summed E-state index contributed by atoms with van der Waals surface area (Å²) in [5.74, 6) is -2.24. The van der Waals surface area contributed by atoms with Crippen LogP contribution in [0.4, 0.5) is 8.78 Å². The van der Waals surface area contributed by atoms with Gasteiger partial charge in [-0.15, -0.1) is 0 Å². The quantitative estimate of drug-likeness (QED) is 0.606. The number of nitrogens with zero attached hydrogens (tertiary/aromatic N) is 1. The largest absolute Gasteiger partial charge is 0.448 e. The van der Waals surface area contributed by atoms with Gasteiger partial charge in [-0.1, -0.05) is 13.0 Å². The molecule has 1 aromatic rings. The molecule has 200 valence electrons. The molecule has 6 rings (SSSR count). The summed E-state index contributed by atoms with van der Waals surface area (Å²) in [7, 11) is 0. The highest BCUT2D eigenvalue weighted by Crippen LogP contribution is 2.72. The van der Waals surface area contributed by atoms with Crippen LogP contribution in [0.25, 0.3) is 0 Å². The maximum atomic E-state index is 17.4. The molecule has 0 unspecified atom stereocenters. The summed E-state index contributed by atoms with van der Waals surface area (Å²) in [5, 5.41) is 23.3. The van der Waals surface area contributed by atoms with Crippen molar-refractivity contribution in [1.82, 2.24) is 5.06 Å². The highest BCUT2D eigenvalue weighted by atomic mass is 35.5. The van der Waals surface area contributed by atoms with Crippen LogP contribution in [0.5, 0.6) is 0 Å². The van der Waals surface area contributed by atoms with Gasteiger partial charge in [-0.25, -0.2) is 8.78 Å². The van der Waals surface area contributed by atoms with Crippen molar-refractivity contribution in [3.05, 3.63) is 46.9 Å². The van der Waals surface area contributed by atoms with E-state index in [2.05, 4.69) is 0 Å². The molecule has 0 radical (unpaired) electrons. The van der Waals surface area contributed by atoms with Gasteiger partial charge in [0, 0.05) is 29.2 Å². The van der Waals surface area contributed by atoms with Gasteiger partial charge < -0.3 is 14.6 Å². The Hall–Kier alpha value is -1.91. The molecule has 1 aromatic heterocycles. The van der Waals surface area contributed by atoms with Gasteiger partial charge in [0.05, 0.1) is 12.6 Å². The van der Waals surface area contributed by atoms with Crippen molar-refractivity contribution in [3.8, 4) is 0 Å². The van der Waals surface area contributed by atoms with Crippen LogP contribution in [-0.4, -0.2) is 63.5 Å². The van der Waals surface area contributed by atoms with Crippen molar-refractivity contribution < 1.29 is 37.8 Å². The molecule has 10 heteroatoms. The molecule has 4 fully saturated rings. The van der Waals surface area contributed by atoms with Gasteiger partial charge in [0.1, 0.15) is 18.5 Å². The lowest BCUT2D eigenvalue weighted by Gasteiger charge is -2.63. The lowest BCUT2D eigenvalue weighted by molar-refractivity contribution is -0.270. The van der Waals surface area contributed by atoms with Crippen LogP contribution in [0.1, 0.15) is 38.9 Å².